The van der Waals surface area contributed by atoms with Gasteiger partial charge in [-0.15, -0.1) is 0 Å². The van der Waals surface area contributed by atoms with Gasteiger partial charge in [0.1, 0.15) is 17.6 Å². The summed E-state index contributed by atoms with van der Waals surface area (Å²) in [6.07, 6.45) is 3.74. The highest BCUT2D eigenvalue weighted by Gasteiger charge is 2.29. The molecule has 0 aliphatic carbocycles. The fourth-order valence-electron chi connectivity index (χ4n) is 4.36. The van der Waals surface area contributed by atoms with Crippen molar-refractivity contribution in [2.45, 2.75) is 59.0 Å². The van der Waals surface area contributed by atoms with Gasteiger partial charge in [-0.25, -0.2) is 4.98 Å². The summed E-state index contributed by atoms with van der Waals surface area (Å²) in [4.78, 5) is 19.2. The molecule has 0 spiro atoms. The molecule has 1 fully saturated rings. The van der Waals surface area contributed by atoms with Gasteiger partial charge < -0.3 is 13.9 Å². The molecule has 1 unspecified atom stereocenters. The maximum Gasteiger partial charge on any atom is 0.323 e. The molecule has 0 bridgehead atoms. The second-order valence-corrected chi connectivity index (χ2v) is 8.86. The summed E-state index contributed by atoms with van der Waals surface area (Å²) in [7, 11) is 0. The van der Waals surface area contributed by atoms with Crippen molar-refractivity contribution in [3.8, 4) is 17.2 Å². The number of hydrogen-bond donors (Lipinski definition) is 0. The van der Waals surface area contributed by atoms with E-state index in [2.05, 4.69) is 41.1 Å². The third-order valence-electron chi connectivity index (χ3n) is 6.28. The Morgan fingerprint density at radius 1 is 1.09 bits per heavy atom. The highest BCUT2D eigenvalue weighted by molar-refractivity contribution is 5.75. The zero-order valence-corrected chi connectivity index (χ0v) is 20.4. The molecule has 0 amide bonds. The van der Waals surface area contributed by atoms with Gasteiger partial charge in [-0.2, -0.15) is 0 Å². The van der Waals surface area contributed by atoms with Crippen LogP contribution >= 0.6 is 0 Å². The molecule has 6 heteroatoms. The normalized spacial score (nSPS) is 16.4. The number of hydrogen-bond acceptors (Lipinski definition) is 6. The van der Waals surface area contributed by atoms with E-state index in [0.29, 0.717) is 25.5 Å². The number of oxazole rings is 1. The second kappa shape index (κ2) is 11.3. The van der Waals surface area contributed by atoms with Crippen LogP contribution in [0.4, 0.5) is 0 Å². The first-order valence-electron chi connectivity index (χ1n) is 12.2. The summed E-state index contributed by atoms with van der Waals surface area (Å²) in [5.41, 5.74) is 4.28. The minimum Gasteiger partial charge on any atom is -0.493 e. The maximum absolute atomic E-state index is 12.3. The predicted octanol–water partition coefficient (Wildman–Crippen LogP) is 5.50. The summed E-state index contributed by atoms with van der Waals surface area (Å²) >= 11 is 0. The van der Waals surface area contributed by atoms with E-state index >= 15 is 0 Å². The first kappa shape index (κ1) is 24.0. The van der Waals surface area contributed by atoms with E-state index in [9.17, 15) is 4.79 Å². The number of rotatable bonds is 9. The Kier molecular flexibility index (Phi) is 8.01. The van der Waals surface area contributed by atoms with Gasteiger partial charge in [0.05, 0.1) is 18.9 Å². The van der Waals surface area contributed by atoms with Crippen LogP contribution in [0.3, 0.4) is 0 Å². The Bertz CT molecular complexity index is 1070. The van der Waals surface area contributed by atoms with Crippen LogP contribution in [-0.4, -0.2) is 41.7 Å². The lowest BCUT2D eigenvalue weighted by atomic mass is 10.0. The number of benzene rings is 2. The first-order chi connectivity index (χ1) is 16.5. The lowest BCUT2D eigenvalue weighted by Crippen LogP contribution is -2.44. The van der Waals surface area contributed by atoms with E-state index in [1.165, 1.54) is 11.1 Å². The number of likely N-dealkylation sites (tertiary alicyclic amines) is 1. The molecular weight excluding hydrogens is 428 g/mol. The number of carbonyl (C=O) groups is 1. The molecule has 1 aliphatic rings. The lowest BCUT2D eigenvalue weighted by molar-refractivity contribution is -0.151. The van der Waals surface area contributed by atoms with Crippen LogP contribution in [0.25, 0.3) is 11.5 Å². The van der Waals surface area contributed by atoms with E-state index < -0.39 is 0 Å². The molecule has 1 saturated heterocycles. The minimum atomic E-state index is -0.139. The van der Waals surface area contributed by atoms with Crippen LogP contribution in [0.15, 0.2) is 52.9 Å². The number of carbonyl (C=O) groups excluding carboxylic acids is 1. The fourth-order valence-corrected chi connectivity index (χ4v) is 4.36. The molecule has 2 heterocycles. The molecule has 1 aromatic heterocycles. The van der Waals surface area contributed by atoms with E-state index in [1.54, 1.807) is 0 Å². The van der Waals surface area contributed by atoms with E-state index in [0.717, 1.165) is 55.1 Å². The quantitative estimate of drug-likeness (QED) is 0.392. The molecule has 3 aromatic rings. The van der Waals surface area contributed by atoms with Crippen molar-refractivity contribution in [1.29, 1.82) is 0 Å². The van der Waals surface area contributed by atoms with Crippen molar-refractivity contribution in [2.75, 3.05) is 19.8 Å². The minimum absolute atomic E-state index is 0.101. The summed E-state index contributed by atoms with van der Waals surface area (Å²) in [6.45, 7) is 8.48. The average Bonchev–Trinajstić information content (AvgIpc) is 3.21. The number of esters is 1. The third kappa shape index (κ3) is 6.06. The SMILES string of the molecule is CCOC(=O)C1CCCCN1Cc1ccc(OCCc2nc(-c3ccc(C)cc3)oc2C)cc1. The number of nitrogens with zero attached hydrogens (tertiary/aromatic N) is 2. The third-order valence-corrected chi connectivity index (χ3v) is 6.28. The number of ether oxygens (including phenoxy) is 2. The largest absolute Gasteiger partial charge is 0.493 e. The van der Waals surface area contributed by atoms with Gasteiger partial charge in [0.2, 0.25) is 5.89 Å². The molecule has 2 aromatic carbocycles. The van der Waals surface area contributed by atoms with Crippen molar-refractivity contribution < 1.29 is 18.7 Å². The Labute approximate surface area is 201 Å². The lowest BCUT2D eigenvalue weighted by Gasteiger charge is -2.33. The maximum atomic E-state index is 12.3. The van der Waals surface area contributed by atoms with Crippen LogP contribution < -0.4 is 4.74 Å². The van der Waals surface area contributed by atoms with E-state index in [4.69, 9.17) is 13.9 Å². The summed E-state index contributed by atoms with van der Waals surface area (Å²) in [5, 5.41) is 0. The summed E-state index contributed by atoms with van der Waals surface area (Å²) < 4.78 is 17.1. The average molecular weight is 463 g/mol. The van der Waals surface area contributed by atoms with Crippen LogP contribution in [0, 0.1) is 13.8 Å². The number of piperidine rings is 1. The van der Waals surface area contributed by atoms with Crippen LogP contribution in [0.1, 0.15) is 48.8 Å². The Morgan fingerprint density at radius 2 is 1.85 bits per heavy atom. The van der Waals surface area contributed by atoms with Gasteiger partial charge >= 0.3 is 5.97 Å². The fraction of sp³-hybridized carbons (Fsp3) is 0.429. The standard InChI is InChI=1S/C28H34N2O4/c1-4-32-28(31)26-7-5-6-17-30(26)19-22-10-14-24(15-11-22)33-18-16-25-21(3)34-27(29-25)23-12-8-20(2)9-13-23/h8-15,26H,4-7,16-19H2,1-3H3. The predicted molar refractivity (Wildman–Crippen MR) is 132 cm³/mol. The molecule has 4 rings (SSSR count). The molecule has 0 saturated carbocycles. The molecule has 6 nitrogen and oxygen atoms in total. The number of aryl methyl sites for hydroxylation is 2. The molecule has 1 atom stereocenters. The van der Waals surface area contributed by atoms with Gasteiger partial charge in [-0.05, 0) is 70.0 Å². The van der Waals surface area contributed by atoms with E-state index in [1.807, 2.05) is 38.1 Å². The van der Waals surface area contributed by atoms with Gasteiger partial charge in [-0.1, -0.05) is 36.2 Å². The molecule has 1 aliphatic heterocycles. The summed E-state index contributed by atoms with van der Waals surface area (Å²) in [5.74, 6) is 2.20. The molecule has 34 heavy (non-hydrogen) atoms. The van der Waals surface area contributed by atoms with Crippen molar-refractivity contribution in [1.82, 2.24) is 9.88 Å². The van der Waals surface area contributed by atoms with Crippen molar-refractivity contribution >= 4 is 5.97 Å². The van der Waals surface area contributed by atoms with Crippen LogP contribution in [-0.2, 0) is 22.5 Å². The molecule has 0 N–H and O–H groups in total. The molecule has 180 valence electrons. The Hall–Kier alpha value is -3.12. The monoisotopic (exact) mass is 462 g/mol. The zero-order valence-electron chi connectivity index (χ0n) is 20.4. The zero-order chi connectivity index (χ0) is 23.9. The topological polar surface area (TPSA) is 64.8 Å². The Morgan fingerprint density at radius 3 is 2.59 bits per heavy atom. The van der Waals surface area contributed by atoms with Crippen molar-refractivity contribution in [2.24, 2.45) is 0 Å². The Balaban J connectivity index is 1.30. The number of aromatic nitrogens is 1. The van der Waals surface area contributed by atoms with Crippen molar-refractivity contribution in [3.63, 3.8) is 0 Å². The van der Waals surface area contributed by atoms with Gasteiger partial charge in [0, 0.05) is 18.5 Å². The molecule has 0 radical (unpaired) electrons. The van der Waals surface area contributed by atoms with Crippen molar-refractivity contribution in [3.05, 3.63) is 71.1 Å². The van der Waals surface area contributed by atoms with Gasteiger partial charge in [-0.3, -0.25) is 9.69 Å². The second-order valence-electron chi connectivity index (χ2n) is 8.86. The molecular formula is C28H34N2O4. The van der Waals surface area contributed by atoms with Crippen LogP contribution in [0.5, 0.6) is 5.75 Å². The smallest absolute Gasteiger partial charge is 0.323 e. The highest BCUT2D eigenvalue weighted by Crippen LogP contribution is 2.24. The van der Waals surface area contributed by atoms with Gasteiger partial charge in [0.25, 0.3) is 0 Å². The van der Waals surface area contributed by atoms with Gasteiger partial charge in [0.15, 0.2) is 0 Å². The van der Waals surface area contributed by atoms with E-state index in [-0.39, 0.29) is 12.0 Å². The van der Waals surface area contributed by atoms with Crippen LogP contribution in [0.2, 0.25) is 0 Å². The first-order valence-corrected chi connectivity index (χ1v) is 12.2. The highest BCUT2D eigenvalue weighted by atomic mass is 16.5. The summed E-state index contributed by atoms with van der Waals surface area (Å²) in [6, 6.07) is 16.2.